The molecule has 0 saturated heterocycles. The van der Waals surface area contributed by atoms with Gasteiger partial charge < -0.3 is 5.32 Å². The first-order chi connectivity index (χ1) is 7.95. The second-order valence-electron chi connectivity index (χ2n) is 5.00. The van der Waals surface area contributed by atoms with Gasteiger partial charge >= 0.3 is 6.18 Å². The quantitative estimate of drug-likeness (QED) is 0.824. The summed E-state index contributed by atoms with van der Waals surface area (Å²) in [7, 11) is 0. The molecule has 1 aliphatic carbocycles. The lowest BCUT2D eigenvalue weighted by Crippen LogP contribution is -2.40. The van der Waals surface area contributed by atoms with Crippen molar-refractivity contribution in [3.63, 3.8) is 0 Å². The highest BCUT2D eigenvalue weighted by atomic mass is 19.4. The Morgan fingerprint density at radius 3 is 2.71 bits per heavy atom. The summed E-state index contributed by atoms with van der Waals surface area (Å²) in [4.78, 5) is 0. The van der Waals surface area contributed by atoms with E-state index in [0.29, 0.717) is 17.4 Å². The van der Waals surface area contributed by atoms with Crippen molar-refractivity contribution in [2.75, 3.05) is 5.32 Å². The third-order valence-electron chi connectivity index (χ3n) is 3.53. The second kappa shape index (κ2) is 3.40. The number of nitrogens with one attached hydrogen (secondary N) is 1. The van der Waals surface area contributed by atoms with Crippen LogP contribution in [-0.2, 0) is 0 Å². The predicted octanol–water partition coefficient (Wildman–Crippen LogP) is 2.89. The van der Waals surface area contributed by atoms with Crippen molar-refractivity contribution in [2.45, 2.75) is 44.4 Å². The molecule has 1 fully saturated rings. The minimum absolute atomic E-state index is 0.0507. The molecule has 3 rings (SSSR count). The molecule has 2 heterocycles. The van der Waals surface area contributed by atoms with Crippen LogP contribution >= 0.6 is 0 Å². The Bertz CT molecular complexity index is 434. The summed E-state index contributed by atoms with van der Waals surface area (Å²) in [5, 5.41) is 7.13. The number of hydrogen-bond donors (Lipinski definition) is 1. The summed E-state index contributed by atoms with van der Waals surface area (Å²) in [6.45, 7) is 1.71. The molecule has 0 unspecified atom stereocenters. The maximum Gasteiger partial charge on any atom is 0.410 e. The topological polar surface area (TPSA) is 29.9 Å². The van der Waals surface area contributed by atoms with Gasteiger partial charge in [-0.05, 0) is 32.1 Å². The zero-order valence-electron chi connectivity index (χ0n) is 9.46. The number of rotatable bonds is 1. The molecule has 2 atom stereocenters. The van der Waals surface area contributed by atoms with Crippen LogP contribution in [0.4, 0.5) is 19.0 Å². The zero-order chi connectivity index (χ0) is 12.2. The fourth-order valence-corrected chi connectivity index (χ4v) is 2.53. The number of fused-ring (bicyclic) bond motifs is 1. The van der Waals surface area contributed by atoms with Gasteiger partial charge in [0, 0.05) is 12.1 Å². The third-order valence-corrected chi connectivity index (χ3v) is 3.53. The van der Waals surface area contributed by atoms with Crippen molar-refractivity contribution >= 4 is 5.82 Å². The molecule has 3 nitrogen and oxygen atoms in total. The lowest BCUT2D eigenvalue weighted by molar-refractivity contribution is -0.174. The van der Waals surface area contributed by atoms with Crippen LogP contribution in [0.2, 0.25) is 0 Å². The monoisotopic (exact) mass is 245 g/mol. The molecular weight excluding hydrogens is 231 g/mol. The van der Waals surface area contributed by atoms with E-state index in [1.54, 1.807) is 13.0 Å². The predicted molar refractivity (Wildman–Crippen MR) is 56.8 cm³/mol. The SMILES string of the molecule is Cc1cc2n(n1)[C@H](C(F)(F)F)C[C@H](C1CC1)N2. The van der Waals surface area contributed by atoms with Crippen LogP contribution in [0.5, 0.6) is 0 Å². The van der Waals surface area contributed by atoms with Gasteiger partial charge in [-0.2, -0.15) is 18.3 Å². The van der Waals surface area contributed by atoms with Gasteiger partial charge in [0.2, 0.25) is 0 Å². The number of halogens is 3. The molecule has 1 N–H and O–H groups in total. The van der Waals surface area contributed by atoms with Gasteiger partial charge in [0.25, 0.3) is 0 Å². The van der Waals surface area contributed by atoms with Crippen molar-refractivity contribution in [1.82, 2.24) is 9.78 Å². The average molecular weight is 245 g/mol. The molecule has 0 radical (unpaired) electrons. The minimum atomic E-state index is -4.22. The lowest BCUT2D eigenvalue weighted by atomic mass is 10.0. The Kier molecular flexibility index (Phi) is 2.18. The maximum atomic E-state index is 13.0. The van der Waals surface area contributed by atoms with E-state index >= 15 is 0 Å². The van der Waals surface area contributed by atoms with E-state index in [1.165, 1.54) is 0 Å². The highest BCUT2D eigenvalue weighted by Crippen LogP contribution is 2.45. The van der Waals surface area contributed by atoms with E-state index in [4.69, 9.17) is 0 Å². The fourth-order valence-electron chi connectivity index (χ4n) is 2.53. The van der Waals surface area contributed by atoms with Gasteiger partial charge in [-0.1, -0.05) is 0 Å². The molecule has 2 aliphatic rings. The summed E-state index contributed by atoms with van der Waals surface area (Å²) in [5.74, 6) is 0.914. The van der Waals surface area contributed by atoms with E-state index in [0.717, 1.165) is 17.5 Å². The molecule has 1 saturated carbocycles. The number of alkyl halides is 3. The van der Waals surface area contributed by atoms with Gasteiger partial charge in [0.1, 0.15) is 5.82 Å². The van der Waals surface area contributed by atoms with Crippen molar-refractivity contribution in [3.8, 4) is 0 Å². The van der Waals surface area contributed by atoms with E-state index in [1.807, 2.05) is 0 Å². The number of hydrogen-bond acceptors (Lipinski definition) is 2. The van der Waals surface area contributed by atoms with Crippen LogP contribution in [0.3, 0.4) is 0 Å². The van der Waals surface area contributed by atoms with Crippen molar-refractivity contribution in [3.05, 3.63) is 11.8 Å². The largest absolute Gasteiger partial charge is 0.410 e. The zero-order valence-corrected chi connectivity index (χ0v) is 9.46. The standard InChI is InChI=1S/C11H14F3N3/c1-6-4-10-15-8(7-2-3-7)5-9(11(12,13)14)17(10)16-6/h4,7-9,15H,2-3,5H2,1H3/t8-,9+/m1/s1. The Hall–Kier alpha value is -1.20. The van der Waals surface area contributed by atoms with E-state index < -0.39 is 12.2 Å². The summed E-state index contributed by atoms with van der Waals surface area (Å²) in [6.07, 6.45) is -2.05. The molecular formula is C11H14F3N3. The molecule has 94 valence electrons. The highest BCUT2D eigenvalue weighted by Gasteiger charge is 2.48. The number of aromatic nitrogens is 2. The van der Waals surface area contributed by atoms with Gasteiger partial charge in [0.05, 0.1) is 5.69 Å². The van der Waals surface area contributed by atoms with Gasteiger partial charge in [-0.25, -0.2) is 4.68 Å². The molecule has 0 bridgehead atoms. The Morgan fingerprint density at radius 2 is 2.12 bits per heavy atom. The Morgan fingerprint density at radius 1 is 1.41 bits per heavy atom. The molecule has 0 amide bonds. The third kappa shape index (κ3) is 1.89. The second-order valence-corrected chi connectivity index (χ2v) is 5.00. The molecule has 0 aromatic carbocycles. The average Bonchev–Trinajstić information content (AvgIpc) is 2.97. The van der Waals surface area contributed by atoms with Crippen molar-refractivity contribution < 1.29 is 13.2 Å². The van der Waals surface area contributed by atoms with Crippen LogP contribution in [0.1, 0.15) is 31.0 Å². The molecule has 0 spiro atoms. The van der Waals surface area contributed by atoms with Crippen LogP contribution in [-0.4, -0.2) is 22.0 Å². The van der Waals surface area contributed by atoms with Crippen LogP contribution in [0, 0.1) is 12.8 Å². The lowest BCUT2D eigenvalue weighted by Gasteiger charge is -2.33. The van der Waals surface area contributed by atoms with Crippen LogP contribution in [0.25, 0.3) is 0 Å². The fraction of sp³-hybridized carbons (Fsp3) is 0.727. The number of nitrogens with zero attached hydrogens (tertiary/aromatic N) is 2. The van der Waals surface area contributed by atoms with Crippen molar-refractivity contribution in [1.29, 1.82) is 0 Å². The number of aryl methyl sites for hydroxylation is 1. The highest BCUT2D eigenvalue weighted by molar-refractivity contribution is 5.41. The van der Waals surface area contributed by atoms with E-state index in [2.05, 4.69) is 10.4 Å². The smallest absolute Gasteiger partial charge is 0.367 e. The van der Waals surface area contributed by atoms with Gasteiger partial charge in [-0.3, -0.25) is 0 Å². The first-order valence-corrected chi connectivity index (χ1v) is 5.84. The molecule has 6 heteroatoms. The van der Waals surface area contributed by atoms with Crippen LogP contribution < -0.4 is 5.32 Å². The molecule has 17 heavy (non-hydrogen) atoms. The van der Waals surface area contributed by atoms with Gasteiger partial charge in [-0.15, -0.1) is 0 Å². The summed E-state index contributed by atoms with van der Waals surface area (Å²) in [5.41, 5.74) is 0.623. The van der Waals surface area contributed by atoms with Crippen LogP contribution in [0.15, 0.2) is 6.07 Å². The van der Waals surface area contributed by atoms with Crippen molar-refractivity contribution in [2.24, 2.45) is 5.92 Å². The first-order valence-electron chi connectivity index (χ1n) is 5.84. The minimum Gasteiger partial charge on any atom is -0.367 e. The summed E-state index contributed by atoms with van der Waals surface area (Å²) < 4.78 is 40.1. The Labute approximate surface area is 97.0 Å². The van der Waals surface area contributed by atoms with E-state index in [9.17, 15) is 13.2 Å². The number of anilines is 1. The molecule has 1 aliphatic heterocycles. The van der Waals surface area contributed by atoms with E-state index in [-0.39, 0.29) is 12.5 Å². The first kappa shape index (κ1) is 10.9. The summed E-state index contributed by atoms with van der Waals surface area (Å²) >= 11 is 0. The Balaban J connectivity index is 1.96. The van der Waals surface area contributed by atoms with Gasteiger partial charge in [0.15, 0.2) is 6.04 Å². The normalized spacial score (nSPS) is 28.7. The molecule has 1 aromatic heterocycles. The maximum absolute atomic E-state index is 13.0. The molecule has 1 aromatic rings. The summed E-state index contributed by atoms with van der Waals surface area (Å²) in [6, 6.07) is 0.163.